The van der Waals surface area contributed by atoms with Gasteiger partial charge in [0.1, 0.15) is 30.8 Å². The molecule has 3 aliphatic heterocycles. The molecule has 3 atom stereocenters. The lowest BCUT2D eigenvalue weighted by molar-refractivity contribution is -0.0336. The average molecular weight is 805 g/mol. The molecule has 59 heavy (non-hydrogen) atoms. The number of amides is 1. The summed E-state index contributed by atoms with van der Waals surface area (Å²) in [5.74, 6) is 0.586. The first-order chi connectivity index (χ1) is 28.8. The van der Waals surface area contributed by atoms with Crippen LogP contribution in [0.4, 0.5) is 4.79 Å². The fourth-order valence-electron chi connectivity index (χ4n) is 7.76. The third kappa shape index (κ3) is 11.3. The SMILES string of the molecule is O=C(NC(c1ccccc1)c1cccc(OCc2ccc(C(=O)OCCOCCCCNC[C@@H](O)c3ccc(O)c4[nH]c(=O)ccc34)cc2)c1)O[C@H]1CN2CCC1CC2. The third-order valence-corrected chi connectivity index (χ3v) is 11.0. The van der Waals surface area contributed by atoms with Crippen molar-refractivity contribution >= 4 is 23.0 Å². The van der Waals surface area contributed by atoms with Gasteiger partial charge in [-0.15, -0.1) is 0 Å². The van der Waals surface area contributed by atoms with Crippen molar-refractivity contribution in [2.75, 3.05) is 52.5 Å². The minimum Gasteiger partial charge on any atom is -0.506 e. The Morgan fingerprint density at radius 2 is 1.66 bits per heavy atom. The summed E-state index contributed by atoms with van der Waals surface area (Å²) in [4.78, 5) is 42.5. The van der Waals surface area contributed by atoms with Gasteiger partial charge in [0.05, 0.1) is 29.8 Å². The quantitative estimate of drug-likeness (QED) is 0.0490. The number of benzene rings is 4. The number of piperidine rings is 3. The van der Waals surface area contributed by atoms with E-state index in [-0.39, 0.29) is 37.2 Å². The number of hydrogen-bond donors (Lipinski definition) is 5. The summed E-state index contributed by atoms with van der Waals surface area (Å²) in [5, 5.41) is 27.7. The summed E-state index contributed by atoms with van der Waals surface area (Å²) < 4.78 is 23.1. The normalized spacial score (nSPS) is 18.2. The monoisotopic (exact) mass is 804 g/mol. The molecule has 5 aromatic rings. The van der Waals surface area contributed by atoms with Gasteiger partial charge in [0.2, 0.25) is 5.56 Å². The van der Waals surface area contributed by atoms with E-state index in [1.165, 1.54) is 12.1 Å². The van der Waals surface area contributed by atoms with Crippen molar-refractivity contribution in [2.24, 2.45) is 5.92 Å². The van der Waals surface area contributed by atoms with Crippen LogP contribution in [0.25, 0.3) is 10.9 Å². The number of nitrogens with zero attached hydrogens (tertiary/aromatic N) is 1. The van der Waals surface area contributed by atoms with Gasteiger partial charge in [-0.2, -0.15) is 0 Å². The lowest BCUT2D eigenvalue weighted by Crippen LogP contribution is -2.52. The Kier molecular flexibility index (Phi) is 14.3. The second-order valence-electron chi connectivity index (χ2n) is 15.1. The smallest absolute Gasteiger partial charge is 0.408 e. The van der Waals surface area contributed by atoms with Crippen molar-refractivity contribution in [3.8, 4) is 11.5 Å². The maximum atomic E-state index is 13.2. The van der Waals surface area contributed by atoms with Gasteiger partial charge in [0, 0.05) is 31.1 Å². The number of aromatic hydroxyl groups is 1. The molecule has 5 N–H and O–H groups in total. The summed E-state index contributed by atoms with van der Waals surface area (Å²) in [7, 11) is 0. The second kappa shape index (κ2) is 20.3. The predicted molar refractivity (Wildman–Crippen MR) is 222 cm³/mol. The Morgan fingerprint density at radius 3 is 2.44 bits per heavy atom. The fraction of sp³-hybridized carbons (Fsp3) is 0.370. The zero-order valence-electron chi connectivity index (χ0n) is 33.0. The Bertz CT molecular complexity index is 2210. The van der Waals surface area contributed by atoms with Gasteiger partial charge in [-0.05, 0) is 110 Å². The number of carbonyl (C=O) groups is 2. The van der Waals surface area contributed by atoms with E-state index in [0.717, 1.165) is 62.0 Å². The van der Waals surface area contributed by atoms with Gasteiger partial charge in [0.25, 0.3) is 0 Å². The van der Waals surface area contributed by atoms with Crippen LogP contribution in [0.15, 0.2) is 108 Å². The number of unbranched alkanes of at least 4 members (excludes halogenated alkanes) is 1. The number of H-pyrrole nitrogens is 1. The maximum Gasteiger partial charge on any atom is 0.408 e. The van der Waals surface area contributed by atoms with Crippen LogP contribution < -0.4 is 20.9 Å². The Balaban J connectivity index is 0.792. The lowest BCUT2D eigenvalue weighted by Gasteiger charge is -2.43. The topological polar surface area (TPSA) is 172 Å². The molecule has 1 amide bonds. The second-order valence-corrected chi connectivity index (χ2v) is 15.1. The van der Waals surface area contributed by atoms with Crippen molar-refractivity contribution in [2.45, 2.75) is 50.5 Å². The molecule has 0 spiro atoms. The number of ether oxygens (including phenoxy) is 4. The number of aromatic nitrogens is 1. The molecule has 0 saturated carbocycles. The number of fused-ring (bicyclic) bond motifs is 4. The van der Waals surface area contributed by atoms with E-state index in [9.17, 15) is 24.6 Å². The molecular formula is C46H52N4O9. The summed E-state index contributed by atoms with van der Waals surface area (Å²) in [5.41, 5.74) is 3.71. The molecule has 4 heterocycles. The van der Waals surface area contributed by atoms with E-state index in [4.69, 9.17) is 18.9 Å². The van der Waals surface area contributed by atoms with E-state index in [1.807, 2.05) is 66.7 Å². The Hall–Kier alpha value is -5.73. The molecule has 13 nitrogen and oxygen atoms in total. The van der Waals surface area contributed by atoms with E-state index in [0.29, 0.717) is 53.4 Å². The first kappa shape index (κ1) is 41.4. The molecule has 8 rings (SSSR count). The van der Waals surface area contributed by atoms with Crippen molar-refractivity contribution in [3.63, 3.8) is 0 Å². The number of pyridine rings is 1. The highest BCUT2D eigenvalue weighted by Gasteiger charge is 2.37. The molecule has 3 saturated heterocycles. The summed E-state index contributed by atoms with van der Waals surface area (Å²) in [6, 6.07) is 30.2. The maximum absolute atomic E-state index is 13.2. The van der Waals surface area contributed by atoms with Gasteiger partial charge < -0.3 is 44.8 Å². The molecule has 13 heteroatoms. The highest BCUT2D eigenvalue weighted by Crippen LogP contribution is 2.31. The van der Waals surface area contributed by atoms with Crippen LogP contribution in [0.2, 0.25) is 0 Å². The number of nitrogens with one attached hydrogen (secondary N) is 3. The van der Waals surface area contributed by atoms with Crippen LogP contribution in [0, 0.1) is 5.92 Å². The molecule has 1 unspecified atom stereocenters. The molecular weight excluding hydrogens is 753 g/mol. The van der Waals surface area contributed by atoms with Crippen molar-refractivity contribution in [1.29, 1.82) is 0 Å². The Morgan fingerprint density at radius 1 is 0.864 bits per heavy atom. The highest BCUT2D eigenvalue weighted by atomic mass is 16.6. The van der Waals surface area contributed by atoms with E-state index < -0.39 is 24.2 Å². The average Bonchev–Trinajstić information content (AvgIpc) is 3.26. The number of carbonyl (C=O) groups excluding carboxylic acids is 2. The molecule has 310 valence electrons. The molecule has 0 aliphatic carbocycles. The minimum absolute atomic E-state index is 0.0458. The van der Waals surface area contributed by atoms with Gasteiger partial charge in [-0.3, -0.25) is 9.69 Å². The Labute approximate surface area is 343 Å². The summed E-state index contributed by atoms with van der Waals surface area (Å²) in [6.07, 6.45) is 2.41. The van der Waals surface area contributed by atoms with Crippen LogP contribution >= 0.6 is 0 Å². The predicted octanol–water partition coefficient (Wildman–Crippen LogP) is 6.00. The van der Waals surface area contributed by atoms with Crippen LogP contribution in [0.3, 0.4) is 0 Å². The fourth-order valence-corrected chi connectivity index (χ4v) is 7.76. The number of aliphatic hydroxyl groups is 1. The van der Waals surface area contributed by atoms with Gasteiger partial charge in [-0.25, -0.2) is 9.59 Å². The third-order valence-electron chi connectivity index (χ3n) is 11.0. The van der Waals surface area contributed by atoms with E-state index >= 15 is 0 Å². The molecule has 3 fully saturated rings. The van der Waals surface area contributed by atoms with Crippen LogP contribution in [-0.4, -0.2) is 90.8 Å². The molecule has 0 radical (unpaired) electrons. The van der Waals surface area contributed by atoms with E-state index in [2.05, 4.69) is 20.5 Å². The van der Waals surface area contributed by atoms with E-state index in [1.54, 1.807) is 24.3 Å². The minimum atomic E-state index is -0.815. The highest BCUT2D eigenvalue weighted by molar-refractivity contribution is 5.89. The molecule has 4 aromatic carbocycles. The number of phenols is 1. The van der Waals surface area contributed by atoms with Crippen LogP contribution in [-0.2, 0) is 20.8 Å². The first-order valence-electron chi connectivity index (χ1n) is 20.4. The van der Waals surface area contributed by atoms with Crippen molar-refractivity contribution < 1.29 is 38.7 Å². The zero-order valence-corrected chi connectivity index (χ0v) is 33.0. The van der Waals surface area contributed by atoms with Gasteiger partial charge in [0.15, 0.2) is 0 Å². The van der Waals surface area contributed by atoms with Gasteiger partial charge in [-0.1, -0.05) is 60.7 Å². The summed E-state index contributed by atoms with van der Waals surface area (Å²) in [6.45, 7) is 5.12. The number of aromatic amines is 1. The number of esters is 1. The lowest BCUT2D eigenvalue weighted by atomic mass is 9.86. The number of rotatable bonds is 19. The summed E-state index contributed by atoms with van der Waals surface area (Å²) >= 11 is 0. The molecule has 2 bridgehead atoms. The zero-order chi connectivity index (χ0) is 41.0. The largest absolute Gasteiger partial charge is 0.506 e. The van der Waals surface area contributed by atoms with Crippen LogP contribution in [0.5, 0.6) is 11.5 Å². The standard InChI is InChI=1S/C46H52N4O9/c51-39-17-15-37(38-16-18-42(53)48-44(38)39)40(52)28-47-21-4-5-24-56-25-26-57-45(54)34-13-11-31(12-14-34)30-58-36-10-6-9-35(27-36)43(33-7-2-1-3-8-33)49-46(55)59-41-29-50-22-19-32(41)20-23-50/h1-3,6-18,27,32,40-41,43,47,51-52H,4-5,19-26,28-30H2,(H,48,53)(H,49,55)/t40-,41+,43?/m1/s1. The molecule has 1 aromatic heterocycles. The number of alkyl carbamates (subject to hydrolysis) is 1. The van der Waals surface area contributed by atoms with Crippen molar-refractivity contribution in [1.82, 2.24) is 20.5 Å². The van der Waals surface area contributed by atoms with Crippen molar-refractivity contribution in [3.05, 3.63) is 141 Å². The van der Waals surface area contributed by atoms with Crippen LogP contribution in [0.1, 0.15) is 70.4 Å². The number of phenolic OH excluding ortho intramolecular Hbond substituents is 1. The first-order valence-corrected chi connectivity index (χ1v) is 20.4. The number of aliphatic hydroxyl groups excluding tert-OH is 1. The molecule has 3 aliphatic rings. The van der Waals surface area contributed by atoms with Gasteiger partial charge >= 0.3 is 12.1 Å². The number of hydrogen-bond acceptors (Lipinski definition) is 11.